The van der Waals surface area contributed by atoms with Crippen molar-refractivity contribution in [2.45, 2.75) is 6.54 Å². The van der Waals surface area contributed by atoms with E-state index in [1.807, 2.05) is 47.8 Å². The monoisotopic (exact) mass is 446 g/mol. The minimum Gasteiger partial charge on any atom is -0.370 e. The van der Waals surface area contributed by atoms with Crippen molar-refractivity contribution >= 4 is 49.9 Å². The summed E-state index contributed by atoms with van der Waals surface area (Å²) in [5, 5.41) is 10.8. The minimum absolute atomic E-state index is 0.144. The Hall–Kier alpha value is -1.15. The molecule has 0 N–H and O–H groups in total. The Bertz CT molecular complexity index is 649. The van der Waals surface area contributed by atoms with Gasteiger partial charge in [0.1, 0.15) is 0 Å². The van der Waals surface area contributed by atoms with E-state index in [4.69, 9.17) is 0 Å². The van der Waals surface area contributed by atoms with Gasteiger partial charge < -0.3 is 4.90 Å². The third kappa shape index (κ3) is 3.69. The van der Waals surface area contributed by atoms with E-state index in [0.717, 1.165) is 16.7 Å². The predicted molar refractivity (Wildman–Crippen MR) is 92.1 cm³/mol. The zero-order chi connectivity index (χ0) is 14.7. The molecule has 0 spiro atoms. The second kappa shape index (κ2) is 6.53. The van der Waals surface area contributed by atoms with Crippen LogP contribution >= 0.6 is 38.5 Å². The number of nitrogens with zero attached hydrogens (tertiary/aromatic N) is 2. The van der Waals surface area contributed by atoms with Crippen molar-refractivity contribution < 1.29 is 4.92 Å². The van der Waals surface area contributed by atoms with Crippen LogP contribution in [-0.2, 0) is 6.54 Å². The van der Waals surface area contributed by atoms with Crippen molar-refractivity contribution in [2.24, 2.45) is 0 Å². The second-order valence-corrected chi connectivity index (χ2v) is 6.46. The first-order valence-electron chi connectivity index (χ1n) is 5.87. The number of rotatable bonds is 4. The first-order chi connectivity index (χ1) is 9.47. The van der Waals surface area contributed by atoms with Crippen LogP contribution in [0.25, 0.3) is 0 Å². The molecular formula is C14H12BrIN2O2. The van der Waals surface area contributed by atoms with Crippen molar-refractivity contribution in [3.63, 3.8) is 0 Å². The number of nitro groups is 1. The predicted octanol–water partition coefficient (Wildman–Crippen LogP) is 4.60. The van der Waals surface area contributed by atoms with Gasteiger partial charge in [-0.05, 0) is 52.4 Å². The molecule has 2 aromatic carbocycles. The average Bonchev–Trinajstić information content (AvgIpc) is 2.38. The van der Waals surface area contributed by atoms with Gasteiger partial charge in [0.15, 0.2) is 0 Å². The Morgan fingerprint density at radius 1 is 1.30 bits per heavy atom. The van der Waals surface area contributed by atoms with E-state index in [1.54, 1.807) is 12.1 Å². The van der Waals surface area contributed by atoms with Crippen LogP contribution in [-0.4, -0.2) is 12.0 Å². The topological polar surface area (TPSA) is 46.4 Å². The summed E-state index contributed by atoms with van der Waals surface area (Å²) in [5.41, 5.74) is 2.28. The highest BCUT2D eigenvalue weighted by Gasteiger charge is 2.13. The van der Waals surface area contributed by atoms with E-state index in [9.17, 15) is 10.1 Å². The number of hydrogen-bond donors (Lipinski definition) is 0. The van der Waals surface area contributed by atoms with E-state index in [1.165, 1.54) is 5.56 Å². The second-order valence-electron chi connectivity index (χ2n) is 4.38. The molecule has 0 aliphatic heterocycles. The van der Waals surface area contributed by atoms with Crippen LogP contribution in [0.1, 0.15) is 5.56 Å². The van der Waals surface area contributed by atoms with Crippen LogP contribution < -0.4 is 4.90 Å². The summed E-state index contributed by atoms with van der Waals surface area (Å²) < 4.78 is 1.69. The highest BCUT2D eigenvalue weighted by molar-refractivity contribution is 14.1. The Balaban J connectivity index is 2.19. The Morgan fingerprint density at radius 3 is 2.65 bits per heavy atom. The Labute approximate surface area is 139 Å². The fourth-order valence-corrected chi connectivity index (χ4v) is 3.02. The molecule has 104 valence electrons. The van der Waals surface area contributed by atoms with E-state index >= 15 is 0 Å². The fraction of sp³-hybridized carbons (Fsp3) is 0.143. The summed E-state index contributed by atoms with van der Waals surface area (Å²) in [4.78, 5) is 12.5. The highest BCUT2D eigenvalue weighted by atomic mass is 127. The van der Waals surface area contributed by atoms with E-state index in [0.29, 0.717) is 3.57 Å². The van der Waals surface area contributed by atoms with Gasteiger partial charge >= 0.3 is 0 Å². The van der Waals surface area contributed by atoms with Gasteiger partial charge in [-0.2, -0.15) is 0 Å². The molecule has 0 bridgehead atoms. The molecule has 0 heterocycles. The molecule has 0 saturated carbocycles. The lowest BCUT2D eigenvalue weighted by atomic mass is 10.2. The van der Waals surface area contributed by atoms with Crippen LogP contribution in [0.5, 0.6) is 0 Å². The van der Waals surface area contributed by atoms with Crippen molar-refractivity contribution in [3.05, 3.63) is 66.2 Å². The van der Waals surface area contributed by atoms with Gasteiger partial charge in [0.25, 0.3) is 5.69 Å². The molecule has 0 amide bonds. The normalized spacial score (nSPS) is 10.3. The lowest BCUT2D eigenvalue weighted by molar-refractivity contribution is -0.385. The molecule has 0 fully saturated rings. The maximum atomic E-state index is 10.8. The summed E-state index contributed by atoms with van der Waals surface area (Å²) >= 11 is 5.45. The highest BCUT2D eigenvalue weighted by Crippen LogP contribution is 2.26. The van der Waals surface area contributed by atoms with Gasteiger partial charge in [-0.1, -0.05) is 28.1 Å². The van der Waals surface area contributed by atoms with E-state index < -0.39 is 0 Å². The van der Waals surface area contributed by atoms with E-state index in [2.05, 4.69) is 33.0 Å². The Kier molecular flexibility index (Phi) is 4.98. The fourth-order valence-electron chi connectivity index (χ4n) is 1.88. The Morgan fingerprint density at radius 2 is 2.05 bits per heavy atom. The van der Waals surface area contributed by atoms with Crippen LogP contribution in [0.15, 0.2) is 46.9 Å². The smallest absolute Gasteiger partial charge is 0.282 e. The zero-order valence-electron chi connectivity index (χ0n) is 10.7. The van der Waals surface area contributed by atoms with Crippen LogP contribution in [0.2, 0.25) is 0 Å². The zero-order valence-corrected chi connectivity index (χ0v) is 14.5. The maximum absolute atomic E-state index is 10.8. The summed E-state index contributed by atoms with van der Waals surface area (Å²) in [6, 6.07) is 13.2. The molecule has 0 saturated heterocycles. The molecular weight excluding hydrogens is 435 g/mol. The van der Waals surface area contributed by atoms with Gasteiger partial charge in [0.05, 0.1) is 8.49 Å². The standard InChI is InChI=1S/C14H12BrIN2O2/c1-17(9-10-3-2-4-11(15)7-10)12-5-6-14(18(19)20)13(16)8-12/h2-8H,9H2,1H3. The molecule has 4 nitrogen and oxygen atoms in total. The van der Waals surface area contributed by atoms with E-state index in [-0.39, 0.29) is 10.6 Å². The quantitative estimate of drug-likeness (QED) is 0.391. The molecule has 2 aromatic rings. The number of hydrogen-bond acceptors (Lipinski definition) is 3. The molecule has 20 heavy (non-hydrogen) atoms. The summed E-state index contributed by atoms with van der Waals surface area (Å²) in [6.07, 6.45) is 0. The minimum atomic E-state index is -0.361. The number of nitro benzene ring substituents is 1. The van der Waals surface area contributed by atoms with Crippen LogP contribution in [0.3, 0.4) is 0 Å². The van der Waals surface area contributed by atoms with Crippen molar-refractivity contribution in [2.75, 3.05) is 11.9 Å². The summed E-state index contributed by atoms with van der Waals surface area (Å²) in [7, 11) is 1.97. The molecule has 0 atom stereocenters. The molecule has 2 rings (SSSR count). The van der Waals surface area contributed by atoms with Crippen molar-refractivity contribution in [1.82, 2.24) is 0 Å². The third-order valence-corrected chi connectivity index (χ3v) is 4.23. The molecule has 0 radical (unpaired) electrons. The maximum Gasteiger partial charge on any atom is 0.282 e. The van der Waals surface area contributed by atoms with Crippen molar-refractivity contribution in [3.8, 4) is 0 Å². The lowest BCUT2D eigenvalue weighted by Gasteiger charge is -2.19. The first kappa shape index (κ1) is 15.2. The SMILES string of the molecule is CN(Cc1cccc(Br)c1)c1ccc([N+](=O)[O-])c(I)c1. The van der Waals surface area contributed by atoms with Gasteiger partial charge in [0.2, 0.25) is 0 Å². The van der Waals surface area contributed by atoms with Gasteiger partial charge in [-0.15, -0.1) is 0 Å². The molecule has 0 aliphatic carbocycles. The van der Waals surface area contributed by atoms with Crippen molar-refractivity contribution in [1.29, 1.82) is 0 Å². The largest absolute Gasteiger partial charge is 0.370 e. The number of halogens is 2. The first-order valence-corrected chi connectivity index (χ1v) is 7.74. The molecule has 6 heteroatoms. The molecule has 0 unspecified atom stereocenters. The van der Waals surface area contributed by atoms with Gasteiger partial charge in [0, 0.05) is 29.8 Å². The lowest BCUT2D eigenvalue weighted by Crippen LogP contribution is -2.16. The average molecular weight is 447 g/mol. The van der Waals surface area contributed by atoms with Gasteiger partial charge in [-0.25, -0.2) is 0 Å². The van der Waals surface area contributed by atoms with Crippen LogP contribution in [0, 0.1) is 13.7 Å². The summed E-state index contributed by atoms with van der Waals surface area (Å²) in [5.74, 6) is 0. The van der Waals surface area contributed by atoms with Crippen LogP contribution in [0.4, 0.5) is 11.4 Å². The summed E-state index contributed by atoms with van der Waals surface area (Å²) in [6.45, 7) is 0.743. The number of anilines is 1. The third-order valence-electron chi connectivity index (χ3n) is 2.88. The number of benzene rings is 2. The molecule has 0 aliphatic rings. The van der Waals surface area contributed by atoms with Gasteiger partial charge in [-0.3, -0.25) is 10.1 Å². The molecule has 0 aromatic heterocycles.